The van der Waals surface area contributed by atoms with Crippen molar-refractivity contribution in [1.82, 2.24) is 4.90 Å². The molecule has 1 aliphatic rings. The quantitative estimate of drug-likeness (QED) is 0.878. The van der Waals surface area contributed by atoms with Crippen LogP contribution in [0.25, 0.3) is 0 Å². The van der Waals surface area contributed by atoms with Gasteiger partial charge in [0, 0.05) is 19.1 Å². The van der Waals surface area contributed by atoms with Gasteiger partial charge in [0.2, 0.25) is 11.7 Å². The summed E-state index contributed by atoms with van der Waals surface area (Å²) in [4.78, 5) is 14.3. The molecule has 130 valence electrons. The number of carbonyl (C=O) groups excluding carboxylic acids is 1. The molecule has 23 heavy (non-hydrogen) atoms. The maximum Gasteiger partial charge on any atom is 0.227 e. The predicted octanol–water partition coefficient (Wildman–Crippen LogP) is 1.63. The minimum Gasteiger partial charge on any atom is -0.493 e. The van der Waals surface area contributed by atoms with Gasteiger partial charge in [0.15, 0.2) is 11.5 Å². The first kappa shape index (κ1) is 19.4. The lowest BCUT2D eigenvalue weighted by Crippen LogP contribution is -2.46. The number of carbonyl (C=O) groups is 1. The second-order valence-electron chi connectivity index (χ2n) is 5.45. The van der Waals surface area contributed by atoms with Gasteiger partial charge in [0.25, 0.3) is 0 Å². The fourth-order valence-electron chi connectivity index (χ4n) is 2.76. The van der Waals surface area contributed by atoms with Crippen LogP contribution in [0.5, 0.6) is 17.2 Å². The maximum absolute atomic E-state index is 12.4. The van der Waals surface area contributed by atoms with E-state index in [2.05, 4.69) is 0 Å². The van der Waals surface area contributed by atoms with Gasteiger partial charge in [-0.1, -0.05) is 0 Å². The number of amides is 1. The highest BCUT2D eigenvalue weighted by atomic mass is 35.5. The van der Waals surface area contributed by atoms with Crippen molar-refractivity contribution < 1.29 is 19.0 Å². The van der Waals surface area contributed by atoms with Gasteiger partial charge < -0.3 is 24.8 Å². The fourth-order valence-corrected chi connectivity index (χ4v) is 2.76. The number of nitrogens with two attached hydrogens (primary N) is 1. The van der Waals surface area contributed by atoms with Crippen LogP contribution in [0.3, 0.4) is 0 Å². The van der Waals surface area contributed by atoms with E-state index in [1.807, 2.05) is 17.0 Å². The van der Waals surface area contributed by atoms with Crippen molar-refractivity contribution in [2.45, 2.75) is 25.3 Å². The summed E-state index contributed by atoms with van der Waals surface area (Å²) >= 11 is 0. The third-order valence-corrected chi connectivity index (χ3v) is 3.89. The van der Waals surface area contributed by atoms with E-state index in [4.69, 9.17) is 19.9 Å². The van der Waals surface area contributed by atoms with Crippen molar-refractivity contribution in [1.29, 1.82) is 0 Å². The normalized spacial score (nSPS) is 17.2. The number of hydrogen-bond acceptors (Lipinski definition) is 5. The van der Waals surface area contributed by atoms with Gasteiger partial charge in [-0.3, -0.25) is 4.79 Å². The van der Waals surface area contributed by atoms with Crippen LogP contribution in [0, 0.1) is 0 Å². The number of likely N-dealkylation sites (tertiary alicyclic amines) is 1. The molecule has 1 aromatic carbocycles. The molecule has 1 amide bonds. The largest absolute Gasteiger partial charge is 0.493 e. The number of piperidine rings is 1. The number of hydrogen-bond donors (Lipinski definition) is 1. The maximum atomic E-state index is 12.4. The minimum absolute atomic E-state index is 0. The number of ether oxygens (including phenoxy) is 3. The van der Waals surface area contributed by atoms with Gasteiger partial charge in [-0.05, 0) is 30.5 Å². The van der Waals surface area contributed by atoms with E-state index in [0.29, 0.717) is 30.2 Å². The predicted molar refractivity (Wildman–Crippen MR) is 90.8 cm³/mol. The summed E-state index contributed by atoms with van der Waals surface area (Å²) < 4.78 is 15.9. The van der Waals surface area contributed by atoms with Gasteiger partial charge in [0.1, 0.15) is 0 Å². The van der Waals surface area contributed by atoms with Gasteiger partial charge in [-0.25, -0.2) is 0 Å². The molecule has 1 saturated heterocycles. The summed E-state index contributed by atoms with van der Waals surface area (Å²) in [6.45, 7) is 1.40. The van der Waals surface area contributed by atoms with Gasteiger partial charge in [-0.15, -0.1) is 12.4 Å². The van der Waals surface area contributed by atoms with Crippen molar-refractivity contribution in [2.24, 2.45) is 5.73 Å². The number of nitrogens with zero attached hydrogens (tertiary/aromatic N) is 1. The molecule has 2 rings (SSSR count). The molecule has 0 spiro atoms. The molecule has 1 fully saturated rings. The Labute approximate surface area is 143 Å². The second kappa shape index (κ2) is 8.84. The van der Waals surface area contributed by atoms with Gasteiger partial charge in [-0.2, -0.15) is 0 Å². The van der Waals surface area contributed by atoms with E-state index < -0.39 is 0 Å². The lowest BCUT2D eigenvalue weighted by molar-refractivity contribution is -0.131. The van der Waals surface area contributed by atoms with Crippen LogP contribution in [0.4, 0.5) is 0 Å². The first-order valence-corrected chi connectivity index (χ1v) is 7.41. The Morgan fingerprint density at radius 3 is 2.30 bits per heavy atom. The van der Waals surface area contributed by atoms with Crippen LogP contribution < -0.4 is 19.9 Å². The number of benzene rings is 1. The zero-order valence-electron chi connectivity index (χ0n) is 13.8. The van der Waals surface area contributed by atoms with E-state index in [-0.39, 0.29) is 24.4 Å². The molecule has 1 aromatic rings. The van der Waals surface area contributed by atoms with Crippen molar-refractivity contribution in [3.63, 3.8) is 0 Å². The first-order valence-electron chi connectivity index (χ1n) is 7.41. The molecule has 0 bridgehead atoms. The van der Waals surface area contributed by atoms with Crippen LogP contribution in [-0.4, -0.2) is 51.3 Å². The molecular weight excluding hydrogens is 320 g/mol. The summed E-state index contributed by atoms with van der Waals surface area (Å²) in [5, 5.41) is 0. The van der Waals surface area contributed by atoms with Crippen molar-refractivity contribution in [3.05, 3.63) is 17.7 Å². The van der Waals surface area contributed by atoms with E-state index in [1.165, 1.54) is 0 Å². The van der Waals surface area contributed by atoms with Gasteiger partial charge in [0.05, 0.1) is 27.8 Å². The second-order valence-corrected chi connectivity index (χ2v) is 5.45. The average molecular weight is 345 g/mol. The van der Waals surface area contributed by atoms with E-state index in [9.17, 15) is 4.79 Å². The van der Waals surface area contributed by atoms with Crippen LogP contribution in [0.1, 0.15) is 18.4 Å². The Morgan fingerprint density at radius 2 is 1.83 bits per heavy atom. The van der Waals surface area contributed by atoms with Crippen LogP contribution >= 0.6 is 12.4 Å². The Kier molecular flexibility index (Phi) is 7.45. The van der Waals surface area contributed by atoms with Crippen molar-refractivity contribution >= 4 is 18.3 Å². The molecule has 1 unspecified atom stereocenters. The summed E-state index contributed by atoms with van der Waals surface area (Å²) in [6.07, 6.45) is 2.24. The molecule has 7 heteroatoms. The third-order valence-electron chi connectivity index (χ3n) is 3.89. The van der Waals surface area contributed by atoms with Crippen LogP contribution in [-0.2, 0) is 11.2 Å². The molecule has 2 N–H and O–H groups in total. The van der Waals surface area contributed by atoms with E-state index >= 15 is 0 Å². The molecule has 0 aromatic heterocycles. The zero-order valence-corrected chi connectivity index (χ0v) is 14.6. The topological polar surface area (TPSA) is 74.0 Å². The molecule has 0 radical (unpaired) electrons. The Hall–Kier alpha value is -1.66. The number of rotatable bonds is 5. The molecule has 1 atom stereocenters. The monoisotopic (exact) mass is 344 g/mol. The average Bonchev–Trinajstić information content (AvgIpc) is 2.53. The lowest BCUT2D eigenvalue weighted by atomic mass is 10.0. The molecular formula is C16H25ClN2O4. The van der Waals surface area contributed by atoms with E-state index in [0.717, 1.165) is 24.9 Å². The first-order chi connectivity index (χ1) is 10.6. The minimum atomic E-state index is 0. The summed E-state index contributed by atoms with van der Waals surface area (Å²) in [7, 11) is 4.68. The lowest BCUT2D eigenvalue weighted by Gasteiger charge is -2.31. The highest BCUT2D eigenvalue weighted by Crippen LogP contribution is 2.38. The number of halogens is 1. The summed E-state index contributed by atoms with van der Waals surface area (Å²) in [5.74, 6) is 1.71. The van der Waals surface area contributed by atoms with Crippen LogP contribution in [0.15, 0.2) is 12.1 Å². The Bertz CT molecular complexity index is 514. The van der Waals surface area contributed by atoms with Crippen molar-refractivity contribution in [3.8, 4) is 17.2 Å². The molecule has 1 heterocycles. The fraction of sp³-hybridized carbons (Fsp3) is 0.562. The van der Waals surface area contributed by atoms with Crippen LogP contribution in [0.2, 0.25) is 0 Å². The van der Waals surface area contributed by atoms with E-state index in [1.54, 1.807) is 21.3 Å². The molecule has 0 saturated carbocycles. The zero-order chi connectivity index (χ0) is 16.1. The summed E-state index contributed by atoms with van der Waals surface area (Å²) in [5.41, 5.74) is 6.77. The Morgan fingerprint density at radius 1 is 1.22 bits per heavy atom. The SMILES string of the molecule is COc1cc(CC(=O)N2CCCC(N)C2)cc(OC)c1OC.Cl. The third kappa shape index (κ3) is 4.65. The number of methoxy groups -OCH3 is 3. The van der Waals surface area contributed by atoms with Crippen molar-refractivity contribution in [2.75, 3.05) is 34.4 Å². The molecule has 0 aliphatic carbocycles. The Balaban J connectivity index is 0.00000264. The molecule has 1 aliphatic heterocycles. The standard InChI is InChI=1S/C16H24N2O4.ClH/c1-20-13-7-11(8-14(21-2)16(13)22-3)9-15(19)18-6-4-5-12(17)10-18;/h7-8,12H,4-6,9-10,17H2,1-3H3;1H. The highest BCUT2D eigenvalue weighted by Gasteiger charge is 2.22. The summed E-state index contributed by atoms with van der Waals surface area (Å²) in [6, 6.07) is 3.70. The van der Waals surface area contributed by atoms with Gasteiger partial charge >= 0.3 is 0 Å². The smallest absolute Gasteiger partial charge is 0.227 e. The molecule has 6 nitrogen and oxygen atoms in total. The highest BCUT2D eigenvalue weighted by molar-refractivity contribution is 5.85.